The van der Waals surface area contributed by atoms with E-state index in [1.165, 1.54) is 25.3 Å². The zero-order valence-corrected chi connectivity index (χ0v) is 12.9. The molecule has 3 aromatic rings. The molecule has 0 saturated heterocycles. The Bertz CT molecular complexity index is 919. The van der Waals surface area contributed by atoms with E-state index < -0.39 is 17.7 Å². The van der Waals surface area contributed by atoms with Gasteiger partial charge in [-0.05, 0) is 24.3 Å². The van der Waals surface area contributed by atoms with Crippen LogP contribution in [0.1, 0.15) is 15.9 Å². The fourth-order valence-corrected chi connectivity index (χ4v) is 2.24. The van der Waals surface area contributed by atoms with Crippen molar-refractivity contribution in [1.29, 1.82) is 0 Å². The van der Waals surface area contributed by atoms with Crippen LogP contribution < -0.4 is 0 Å². The van der Waals surface area contributed by atoms with Gasteiger partial charge in [0.25, 0.3) is 5.89 Å². The van der Waals surface area contributed by atoms with Crippen molar-refractivity contribution in [2.45, 2.75) is 6.18 Å². The number of hydrogen-bond donors (Lipinski definition) is 0. The number of methoxy groups -OCH3 is 1. The third-order valence-electron chi connectivity index (χ3n) is 3.44. The number of halogens is 3. The van der Waals surface area contributed by atoms with Gasteiger partial charge in [0.2, 0.25) is 5.82 Å². The number of hydrogen-bond acceptors (Lipinski definition) is 5. The number of rotatable bonds is 3. The number of aromatic nitrogens is 2. The van der Waals surface area contributed by atoms with Crippen LogP contribution in [0.15, 0.2) is 53.1 Å². The average molecular weight is 348 g/mol. The molecule has 1 heterocycles. The molecule has 3 rings (SSSR count). The van der Waals surface area contributed by atoms with Crippen molar-refractivity contribution in [2.75, 3.05) is 7.11 Å². The number of esters is 1. The fourth-order valence-electron chi connectivity index (χ4n) is 2.24. The molecule has 0 atom stereocenters. The van der Waals surface area contributed by atoms with E-state index >= 15 is 0 Å². The SMILES string of the molecule is COC(=O)c1ccccc1-c1nc(-c2cccc(C(F)(F)F)c2)no1. The van der Waals surface area contributed by atoms with Gasteiger partial charge in [0, 0.05) is 5.56 Å². The monoisotopic (exact) mass is 348 g/mol. The van der Waals surface area contributed by atoms with E-state index in [1.807, 2.05) is 0 Å². The molecule has 1 aromatic heterocycles. The Balaban J connectivity index is 2.01. The quantitative estimate of drug-likeness (QED) is 0.664. The predicted molar refractivity (Wildman–Crippen MR) is 81.5 cm³/mol. The zero-order valence-electron chi connectivity index (χ0n) is 12.9. The maximum absolute atomic E-state index is 12.8. The Hall–Kier alpha value is -3.16. The summed E-state index contributed by atoms with van der Waals surface area (Å²) in [7, 11) is 1.24. The van der Waals surface area contributed by atoms with Crippen LogP contribution in [-0.4, -0.2) is 23.2 Å². The highest BCUT2D eigenvalue weighted by Gasteiger charge is 2.31. The Morgan fingerprint density at radius 3 is 2.60 bits per heavy atom. The number of ether oxygens (including phenoxy) is 1. The van der Waals surface area contributed by atoms with Gasteiger partial charge in [-0.15, -0.1) is 0 Å². The minimum atomic E-state index is -4.47. The maximum atomic E-state index is 12.8. The van der Waals surface area contributed by atoms with Crippen molar-refractivity contribution in [3.05, 3.63) is 59.7 Å². The molecule has 0 aliphatic rings. The smallest absolute Gasteiger partial charge is 0.416 e. The number of nitrogens with zero attached hydrogens (tertiary/aromatic N) is 2. The Kier molecular flexibility index (Phi) is 4.26. The second-order valence-corrected chi connectivity index (χ2v) is 5.04. The summed E-state index contributed by atoms with van der Waals surface area (Å²) in [5.41, 5.74) is -0.115. The summed E-state index contributed by atoms with van der Waals surface area (Å²) in [4.78, 5) is 15.9. The first-order valence-corrected chi connectivity index (χ1v) is 7.09. The number of carbonyl (C=O) groups excluding carboxylic acids is 1. The number of benzene rings is 2. The fraction of sp³-hybridized carbons (Fsp3) is 0.118. The molecule has 25 heavy (non-hydrogen) atoms. The van der Waals surface area contributed by atoms with Gasteiger partial charge < -0.3 is 9.26 Å². The van der Waals surface area contributed by atoms with E-state index in [1.54, 1.807) is 18.2 Å². The highest BCUT2D eigenvalue weighted by atomic mass is 19.4. The third kappa shape index (κ3) is 3.37. The first-order valence-electron chi connectivity index (χ1n) is 7.09. The lowest BCUT2D eigenvalue weighted by Gasteiger charge is -2.06. The minimum absolute atomic E-state index is 0.00779. The molecule has 0 radical (unpaired) electrons. The van der Waals surface area contributed by atoms with E-state index in [9.17, 15) is 18.0 Å². The second kappa shape index (κ2) is 6.39. The van der Waals surface area contributed by atoms with Crippen molar-refractivity contribution >= 4 is 5.97 Å². The molecule has 0 unspecified atom stereocenters. The zero-order chi connectivity index (χ0) is 18.0. The van der Waals surface area contributed by atoms with Gasteiger partial charge in [-0.3, -0.25) is 0 Å². The summed E-state index contributed by atoms with van der Waals surface area (Å²) in [6.45, 7) is 0. The van der Waals surface area contributed by atoms with Gasteiger partial charge >= 0.3 is 12.1 Å². The van der Waals surface area contributed by atoms with E-state index in [0.717, 1.165) is 12.1 Å². The largest absolute Gasteiger partial charge is 0.465 e. The molecule has 0 amide bonds. The van der Waals surface area contributed by atoms with Crippen molar-refractivity contribution in [3.8, 4) is 22.8 Å². The van der Waals surface area contributed by atoms with E-state index in [-0.39, 0.29) is 22.8 Å². The Morgan fingerprint density at radius 1 is 1.12 bits per heavy atom. The molecule has 0 aliphatic carbocycles. The van der Waals surface area contributed by atoms with Crippen LogP contribution in [0.4, 0.5) is 13.2 Å². The van der Waals surface area contributed by atoms with Crippen LogP contribution in [0.25, 0.3) is 22.8 Å². The van der Waals surface area contributed by atoms with Crippen molar-refractivity contribution < 1.29 is 27.2 Å². The number of carbonyl (C=O) groups is 1. The molecule has 8 heteroatoms. The molecule has 0 fully saturated rings. The van der Waals surface area contributed by atoms with Crippen LogP contribution >= 0.6 is 0 Å². The summed E-state index contributed by atoms with van der Waals surface area (Å²) in [6.07, 6.45) is -4.47. The topological polar surface area (TPSA) is 65.2 Å². The maximum Gasteiger partial charge on any atom is 0.416 e. The van der Waals surface area contributed by atoms with E-state index in [0.29, 0.717) is 5.56 Å². The Labute approximate surface area is 140 Å². The molecule has 0 spiro atoms. The molecule has 0 bridgehead atoms. The lowest BCUT2D eigenvalue weighted by molar-refractivity contribution is -0.137. The lowest BCUT2D eigenvalue weighted by atomic mass is 10.1. The first kappa shape index (κ1) is 16.7. The van der Waals surface area contributed by atoms with Crippen molar-refractivity contribution in [2.24, 2.45) is 0 Å². The molecule has 5 nitrogen and oxygen atoms in total. The van der Waals surface area contributed by atoms with Crippen molar-refractivity contribution in [3.63, 3.8) is 0 Å². The summed E-state index contributed by atoms with van der Waals surface area (Å²) in [6, 6.07) is 11.0. The van der Waals surface area contributed by atoms with Gasteiger partial charge in [0.05, 0.1) is 23.8 Å². The summed E-state index contributed by atoms with van der Waals surface area (Å²) in [5.74, 6) is -0.594. The first-order chi connectivity index (χ1) is 11.9. The molecule has 0 N–H and O–H groups in total. The van der Waals surface area contributed by atoms with Gasteiger partial charge in [-0.25, -0.2) is 4.79 Å². The molecule has 0 saturated carbocycles. The lowest BCUT2D eigenvalue weighted by Crippen LogP contribution is -2.04. The molecular weight excluding hydrogens is 337 g/mol. The molecule has 0 aliphatic heterocycles. The highest BCUT2D eigenvalue weighted by molar-refractivity contribution is 5.96. The second-order valence-electron chi connectivity index (χ2n) is 5.04. The summed E-state index contributed by atoms with van der Waals surface area (Å²) < 4.78 is 48.3. The van der Waals surface area contributed by atoms with E-state index in [4.69, 9.17) is 4.52 Å². The summed E-state index contributed by atoms with van der Waals surface area (Å²) in [5, 5.41) is 3.71. The minimum Gasteiger partial charge on any atom is -0.465 e. The van der Waals surface area contributed by atoms with Crippen molar-refractivity contribution in [1.82, 2.24) is 10.1 Å². The average Bonchev–Trinajstić information content (AvgIpc) is 3.10. The van der Waals surface area contributed by atoms with Crippen LogP contribution in [-0.2, 0) is 10.9 Å². The standard InChI is InChI=1S/C17H11F3N2O3/c1-24-16(23)13-8-3-2-7-12(13)15-21-14(22-25-15)10-5-4-6-11(9-10)17(18,19)20/h2-9H,1H3. The van der Waals surface area contributed by atoms with Gasteiger partial charge in [-0.1, -0.05) is 29.4 Å². The van der Waals surface area contributed by atoms with Crippen LogP contribution in [0.2, 0.25) is 0 Å². The summed E-state index contributed by atoms with van der Waals surface area (Å²) >= 11 is 0. The van der Waals surface area contributed by atoms with E-state index in [2.05, 4.69) is 14.9 Å². The molecule has 2 aromatic carbocycles. The number of alkyl halides is 3. The normalized spacial score (nSPS) is 11.4. The Morgan fingerprint density at radius 2 is 1.88 bits per heavy atom. The van der Waals surface area contributed by atoms with Gasteiger partial charge in [0.1, 0.15) is 0 Å². The highest BCUT2D eigenvalue weighted by Crippen LogP contribution is 2.32. The van der Waals surface area contributed by atoms with Crippen LogP contribution in [0, 0.1) is 0 Å². The van der Waals surface area contributed by atoms with Crippen LogP contribution in [0.5, 0.6) is 0 Å². The third-order valence-corrected chi connectivity index (χ3v) is 3.44. The van der Waals surface area contributed by atoms with Gasteiger partial charge in [0.15, 0.2) is 0 Å². The molecule has 128 valence electrons. The van der Waals surface area contributed by atoms with Crippen LogP contribution in [0.3, 0.4) is 0 Å². The molecular formula is C17H11F3N2O3. The van der Waals surface area contributed by atoms with Gasteiger partial charge in [-0.2, -0.15) is 18.2 Å². The predicted octanol–water partition coefficient (Wildman–Crippen LogP) is 4.21.